The number of hydrogen-bond acceptors (Lipinski definition) is 4. The van der Waals surface area contributed by atoms with Crippen LogP contribution in [0.5, 0.6) is 0 Å². The van der Waals surface area contributed by atoms with Gasteiger partial charge in [0.1, 0.15) is 0 Å². The topological polar surface area (TPSA) is 40.5 Å². The van der Waals surface area contributed by atoms with E-state index in [2.05, 4.69) is 35.2 Å². The van der Waals surface area contributed by atoms with Crippen LogP contribution in [0.15, 0.2) is 22.4 Å². The van der Waals surface area contributed by atoms with E-state index in [9.17, 15) is 0 Å². The molecule has 0 radical (unpaired) electrons. The number of thiol groups is 1. The lowest BCUT2D eigenvalue weighted by molar-refractivity contribution is 0.426. The molecule has 1 aromatic heterocycles. The van der Waals surface area contributed by atoms with Gasteiger partial charge >= 0.3 is 7.12 Å². The largest absolute Gasteiger partial charge is 0.489 e. The Kier molecular flexibility index (Phi) is 3.08. The third-order valence-corrected chi connectivity index (χ3v) is 4.41. The minimum Gasteiger partial charge on any atom is -0.423 e. The Bertz CT molecular complexity index is 483. The van der Waals surface area contributed by atoms with Crippen molar-refractivity contribution in [2.75, 3.05) is 0 Å². The second kappa shape index (κ2) is 4.01. The zero-order valence-corrected chi connectivity index (χ0v) is 10.8. The third kappa shape index (κ3) is 1.69. The van der Waals surface area contributed by atoms with Crippen molar-refractivity contribution in [1.82, 2.24) is 0 Å². The molecule has 0 aliphatic carbocycles. The highest BCUT2D eigenvalue weighted by atomic mass is 127. The van der Waals surface area contributed by atoms with E-state index in [0.29, 0.717) is 5.46 Å². The van der Waals surface area contributed by atoms with Crippen molar-refractivity contribution >= 4 is 69.2 Å². The molecular weight excluding hydrogens is 330 g/mol. The van der Waals surface area contributed by atoms with Crippen molar-refractivity contribution in [2.45, 2.75) is 4.90 Å². The molecule has 0 aliphatic heterocycles. The molecule has 0 fully saturated rings. The van der Waals surface area contributed by atoms with Crippen LogP contribution in [0, 0.1) is 3.57 Å². The Hall–Kier alpha value is 0.245. The van der Waals surface area contributed by atoms with Gasteiger partial charge in [0.15, 0.2) is 0 Å². The van der Waals surface area contributed by atoms with Crippen LogP contribution < -0.4 is 5.46 Å². The van der Waals surface area contributed by atoms with Crippen molar-refractivity contribution < 1.29 is 10.0 Å². The SMILES string of the molecule is OB(O)c1csc2c(S)ccc(I)c12. The van der Waals surface area contributed by atoms with Crippen LogP contribution in [0.25, 0.3) is 10.1 Å². The lowest BCUT2D eigenvalue weighted by atomic mass is 9.80. The van der Waals surface area contributed by atoms with Crippen molar-refractivity contribution in [3.63, 3.8) is 0 Å². The molecule has 0 bridgehead atoms. The molecule has 6 heteroatoms. The van der Waals surface area contributed by atoms with Crippen LogP contribution >= 0.6 is 46.6 Å². The maximum atomic E-state index is 9.16. The fraction of sp³-hybridized carbons (Fsp3) is 0. The molecule has 0 amide bonds. The highest BCUT2D eigenvalue weighted by molar-refractivity contribution is 14.1. The normalized spacial score (nSPS) is 10.9. The first-order valence-electron chi connectivity index (χ1n) is 3.86. The molecule has 1 heterocycles. The van der Waals surface area contributed by atoms with Gasteiger partial charge in [-0.1, -0.05) is 0 Å². The predicted molar refractivity (Wildman–Crippen MR) is 71.6 cm³/mol. The lowest BCUT2D eigenvalue weighted by Gasteiger charge is -2.01. The van der Waals surface area contributed by atoms with Crippen LogP contribution in [0.3, 0.4) is 0 Å². The summed E-state index contributed by atoms with van der Waals surface area (Å²) in [5.41, 5.74) is 0.560. The van der Waals surface area contributed by atoms with E-state index < -0.39 is 7.12 Å². The number of rotatable bonds is 1. The summed E-state index contributed by atoms with van der Waals surface area (Å²) in [6.07, 6.45) is 0. The fourth-order valence-electron chi connectivity index (χ4n) is 1.31. The zero-order valence-electron chi connectivity index (χ0n) is 6.94. The van der Waals surface area contributed by atoms with Crippen molar-refractivity contribution in [3.8, 4) is 0 Å². The van der Waals surface area contributed by atoms with E-state index >= 15 is 0 Å². The monoisotopic (exact) mass is 336 g/mol. The van der Waals surface area contributed by atoms with Crippen molar-refractivity contribution in [3.05, 3.63) is 21.1 Å². The highest BCUT2D eigenvalue weighted by Crippen LogP contribution is 2.29. The van der Waals surface area contributed by atoms with Crippen LogP contribution in [0.2, 0.25) is 0 Å². The molecule has 0 atom stereocenters. The van der Waals surface area contributed by atoms with Crippen LogP contribution in [-0.2, 0) is 0 Å². The first-order chi connectivity index (χ1) is 6.61. The first-order valence-corrected chi connectivity index (χ1v) is 6.26. The van der Waals surface area contributed by atoms with Crippen LogP contribution in [0.1, 0.15) is 0 Å². The minimum atomic E-state index is -1.41. The molecular formula is C8H6BIO2S2. The summed E-state index contributed by atoms with van der Waals surface area (Å²) in [7, 11) is -1.41. The predicted octanol–water partition coefficient (Wildman–Crippen LogP) is 1.47. The van der Waals surface area contributed by atoms with Crippen LogP contribution in [0.4, 0.5) is 0 Å². The molecule has 0 spiro atoms. The zero-order chi connectivity index (χ0) is 10.3. The molecule has 0 saturated carbocycles. The minimum absolute atomic E-state index is 0.560. The molecule has 72 valence electrons. The van der Waals surface area contributed by atoms with Gasteiger partial charge in [-0.3, -0.25) is 0 Å². The van der Waals surface area contributed by atoms with E-state index in [1.807, 2.05) is 12.1 Å². The molecule has 2 aromatic rings. The molecule has 2 nitrogen and oxygen atoms in total. The summed E-state index contributed by atoms with van der Waals surface area (Å²) >= 11 is 7.99. The van der Waals surface area contributed by atoms with Gasteiger partial charge in [0.25, 0.3) is 0 Å². The van der Waals surface area contributed by atoms with Gasteiger partial charge in [-0.05, 0) is 40.1 Å². The number of benzene rings is 1. The second-order valence-electron chi connectivity index (χ2n) is 2.84. The average Bonchev–Trinajstić information content (AvgIpc) is 2.56. The number of halogens is 1. The van der Waals surface area contributed by atoms with Gasteiger partial charge < -0.3 is 10.0 Å². The number of thiophene rings is 1. The Labute approximate surface area is 105 Å². The Morgan fingerprint density at radius 2 is 2.07 bits per heavy atom. The van der Waals surface area contributed by atoms with E-state index in [4.69, 9.17) is 10.0 Å². The average molecular weight is 336 g/mol. The third-order valence-electron chi connectivity index (χ3n) is 1.96. The van der Waals surface area contributed by atoms with E-state index in [0.717, 1.165) is 18.6 Å². The Morgan fingerprint density at radius 3 is 2.71 bits per heavy atom. The molecule has 14 heavy (non-hydrogen) atoms. The summed E-state index contributed by atoms with van der Waals surface area (Å²) in [4.78, 5) is 0.873. The Morgan fingerprint density at radius 1 is 1.36 bits per heavy atom. The van der Waals surface area contributed by atoms with E-state index in [1.54, 1.807) is 5.38 Å². The molecule has 0 saturated heterocycles. The number of fused-ring (bicyclic) bond motifs is 1. The first kappa shape index (κ1) is 10.8. The number of hydrogen-bond donors (Lipinski definition) is 3. The van der Waals surface area contributed by atoms with E-state index in [-0.39, 0.29) is 0 Å². The molecule has 1 aromatic carbocycles. The summed E-state index contributed by atoms with van der Waals surface area (Å²) in [6, 6.07) is 3.83. The van der Waals surface area contributed by atoms with E-state index in [1.165, 1.54) is 11.3 Å². The smallest absolute Gasteiger partial charge is 0.423 e. The van der Waals surface area contributed by atoms with Crippen LogP contribution in [-0.4, -0.2) is 17.2 Å². The fourth-order valence-corrected chi connectivity index (χ4v) is 3.61. The van der Waals surface area contributed by atoms with Gasteiger partial charge in [0.2, 0.25) is 0 Å². The van der Waals surface area contributed by atoms with Gasteiger partial charge in [-0.15, -0.1) is 24.0 Å². The highest BCUT2D eigenvalue weighted by Gasteiger charge is 2.19. The lowest BCUT2D eigenvalue weighted by Crippen LogP contribution is -2.29. The summed E-state index contributed by atoms with van der Waals surface area (Å²) < 4.78 is 2.02. The molecule has 0 aliphatic rings. The molecule has 0 unspecified atom stereocenters. The standard InChI is InChI=1S/C8H6BIO2S2/c10-5-1-2-6(13)8-7(5)4(3-14-8)9(11)12/h1-3,11-13H. The second-order valence-corrected chi connectivity index (χ2v) is 5.36. The van der Waals surface area contributed by atoms with Gasteiger partial charge in [-0.2, -0.15) is 0 Å². The van der Waals surface area contributed by atoms with Gasteiger partial charge in [-0.25, -0.2) is 0 Å². The van der Waals surface area contributed by atoms with Crippen molar-refractivity contribution in [2.24, 2.45) is 0 Å². The maximum absolute atomic E-state index is 9.16. The quantitative estimate of drug-likeness (QED) is 0.419. The van der Waals surface area contributed by atoms with Gasteiger partial charge in [0.05, 0.1) is 0 Å². The molecule has 2 rings (SSSR count). The van der Waals surface area contributed by atoms with Gasteiger partial charge in [0, 0.05) is 24.0 Å². The van der Waals surface area contributed by atoms with Crippen molar-refractivity contribution in [1.29, 1.82) is 0 Å². The summed E-state index contributed by atoms with van der Waals surface area (Å²) in [5, 5.41) is 21.0. The summed E-state index contributed by atoms with van der Waals surface area (Å²) in [6.45, 7) is 0. The maximum Gasteiger partial charge on any atom is 0.489 e. The Balaban J connectivity index is 2.84. The summed E-state index contributed by atoms with van der Waals surface area (Å²) in [5.74, 6) is 0. The molecule has 2 N–H and O–H groups in total.